The highest BCUT2D eigenvalue weighted by molar-refractivity contribution is 6.43. The van der Waals surface area contributed by atoms with Gasteiger partial charge in [0.05, 0.1) is 5.94 Å². The molecule has 0 heterocycles. The van der Waals surface area contributed by atoms with E-state index in [-0.39, 0.29) is 30.0 Å². The summed E-state index contributed by atoms with van der Waals surface area (Å²) in [5.41, 5.74) is 6.61. The van der Waals surface area contributed by atoms with Crippen LogP contribution >= 0.6 is 0 Å². The summed E-state index contributed by atoms with van der Waals surface area (Å²) in [7, 11) is -0.138. The van der Waals surface area contributed by atoms with Crippen molar-refractivity contribution < 1.29 is 24.0 Å². The summed E-state index contributed by atoms with van der Waals surface area (Å²) in [4.78, 5) is 29.2. The highest BCUT2D eigenvalue weighted by Crippen LogP contribution is 2.10. The zero-order valence-corrected chi connectivity index (χ0v) is 20.4. The lowest BCUT2D eigenvalue weighted by atomic mass is 9.75. The minimum Gasteiger partial charge on any atom is -0.426 e. The Balaban J connectivity index is 2.61. The fourth-order valence-electron chi connectivity index (χ4n) is 3.45. The van der Waals surface area contributed by atoms with Gasteiger partial charge in [-0.3, -0.25) is 14.6 Å². The summed E-state index contributed by atoms with van der Waals surface area (Å²) in [6, 6.07) is 5.46. The van der Waals surface area contributed by atoms with Crippen molar-refractivity contribution in [3.8, 4) is 0 Å². The Morgan fingerprint density at radius 2 is 1.79 bits per heavy atom. The van der Waals surface area contributed by atoms with Crippen LogP contribution in [0.1, 0.15) is 57.9 Å². The number of hydrogen-bond acceptors (Lipinski definition) is 5. The molecule has 0 spiro atoms. The molecule has 1 aromatic carbocycles. The molecule has 0 saturated carbocycles. The molecule has 9 nitrogen and oxygen atoms in total. The molecule has 0 aliphatic rings. The third-order valence-corrected chi connectivity index (χ3v) is 5.31. The minimum absolute atomic E-state index is 0.141. The van der Waals surface area contributed by atoms with Gasteiger partial charge in [0, 0.05) is 20.0 Å². The number of unbranched alkanes of at least 4 members (excludes halogenated alkanes) is 1. The highest BCUT2D eigenvalue weighted by Gasteiger charge is 2.29. The van der Waals surface area contributed by atoms with Gasteiger partial charge in [-0.05, 0) is 62.1 Å². The summed E-state index contributed by atoms with van der Waals surface area (Å²) in [5.74, 6) is -1.41. The van der Waals surface area contributed by atoms with E-state index in [9.17, 15) is 24.0 Å². The van der Waals surface area contributed by atoms with E-state index in [1.807, 2.05) is 13.8 Å². The van der Waals surface area contributed by atoms with Crippen molar-refractivity contribution in [2.45, 2.75) is 70.8 Å². The molecule has 11 heteroatoms. The molecule has 7 N–H and O–H groups in total. The number of carbonyl (C=O) groups excluding carboxylic acids is 2. The van der Waals surface area contributed by atoms with Crippen molar-refractivity contribution in [3.05, 3.63) is 35.6 Å². The first-order valence-corrected chi connectivity index (χ1v) is 11.8. The van der Waals surface area contributed by atoms with Gasteiger partial charge in [0.1, 0.15) is 11.9 Å². The number of nitrogens with two attached hydrogens (primary N) is 1. The van der Waals surface area contributed by atoms with Gasteiger partial charge in [0.25, 0.3) is 0 Å². The number of rotatable bonds is 15. The molecule has 190 valence electrons. The van der Waals surface area contributed by atoms with Gasteiger partial charge in [0.2, 0.25) is 11.8 Å². The second-order valence-electron chi connectivity index (χ2n) is 8.79. The van der Waals surface area contributed by atoms with E-state index in [0.717, 1.165) is 18.4 Å². The van der Waals surface area contributed by atoms with Gasteiger partial charge in [-0.15, -0.1) is 0 Å². The largest absolute Gasteiger partial charge is 0.475 e. The number of guanidine groups is 1. The first kappa shape index (κ1) is 29.4. The lowest BCUT2D eigenvalue weighted by Crippen LogP contribution is -2.54. The molecule has 0 bridgehead atoms. The van der Waals surface area contributed by atoms with Crippen LogP contribution in [0.3, 0.4) is 0 Å². The Kier molecular flexibility index (Phi) is 13.9. The molecule has 2 amide bonds. The molecular weight excluding hydrogens is 440 g/mol. The van der Waals surface area contributed by atoms with Crippen molar-refractivity contribution in [1.82, 2.24) is 16.0 Å². The molecule has 0 fully saturated rings. The van der Waals surface area contributed by atoms with Gasteiger partial charge in [-0.1, -0.05) is 26.0 Å². The zero-order valence-electron chi connectivity index (χ0n) is 20.4. The number of aliphatic imine (C=N–C) groups is 1. The molecule has 0 unspecified atom stereocenters. The Morgan fingerprint density at radius 3 is 2.38 bits per heavy atom. The van der Waals surface area contributed by atoms with Gasteiger partial charge < -0.3 is 31.7 Å². The van der Waals surface area contributed by atoms with E-state index in [1.165, 1.54) is 12.1 Å². The molecule has 2 atom stereocenters. The van der Waals surface area contributed by atoms with Crippen molar-refractivity contribution in [3.63, 3.8) is 0 Å². The van der Waals surface area contributed by atoms with E-state index in [1.54, 1.807) is 19.2 Å². The van der Waals surface area contributed by atoms with Crippen LogP contribution in [0.2, 0.25) is 0 Å². The van der Waals surface area contributed by atoms with Crippen LogP contribution in [-0.4, -0.2) is 60.5 Å². The summed E-state index contributed by atoms with van der Waals surface area (Å²) in [5, 5.41) is 27.6. The SMILES string of the molecule is CN=C(N)NCCC[C@H](NC(=O)CCCCc1ccc(F)cc1)C(=O)N[C@@H](CC(C)C)B(O)O. The highest BCUT2D eigenvalue weighted by atomic mass is 19.1. The number of nitrogens with zero attached hydrogens (tertiary/aromatic N) is 1. The first-order chi connectivity index (χ1) is 16.1. The number of amides is 2. The maximum absolute atomic E-state index is 13.0. The average molecular weight is 479 g/mol. The molecule has 0 aliphatic carbocycles. The summed E-state index contributed by atoms with van der Waals surface area (Å²) in [6.07, 6.45) is 3.61. The van der Waals surface area contributed by atoms with Crippen LogP contribution in [0.15, 0.2) is 29.3 Å². The Labute approximate surface area is 201 Å². The molecule has 0 aliphatic heterocycles. The van der Waals surface area contributed by atoms with Gasteiger partial charge in [0.15, 0.2) is 5.96 Å². The predicted molar refractivity (Wildman–Crippen MR) is 132 cm³/mol. The molecule has 0 radical (unpaired) electrons. The molecule has 0 saturated heterocycles. The Morgan fingerprint density at radius 1 is 1.12 bits per heavy atom. The van der Waals surface area contributed by atoms with Crippen LogP contribution in [0, 0.1) is 11.7 Å². The quantitative estimate of drug-likeness (QED) is 0.0952. The number of benzene rings is 1. The predicted octanol–water partition coefficient (Wildman–Crippen LogP) is 0.881. The Bertz CT molecular complexity index is 777. The minimum atomic E-state index is -1.70. The standard InChI is InChI=1S/C23H39BFN5O4/c1-16(2)15-20(24(33)34)30-22(32)19(8-6-14-28-23(26)27-3)29-21(31)9-5-4-7-17-10-12-18(25)13-11-17/h10-13,16,19-20,33-34H,4-9,14-15H2,1-3H3,(H,29,31)(H,30,32)(H3,26,27,28)/t19-,20-/m0/s1. The number of hydrogen-bond donors (Lipinski definition) is 6. The normalized spacial score (nSPS) is 13.3. The van der Waals surface area contributed by atoms with Gasteiger partial charge >= 0.3 is 7.12 Å². The fourth-order valence-corrected chi connectivity index (χ4v) is 3.45. The van der Waals surface area contributed by atoms with Crippen LogP contribution in [-0.2, 0) is 16.0 Å². The van der Waals surface area contributed by atoms with Crippen LogP contribution in [0.5, 0.6) is 0 Å². The number of carbonyl (C=O) groups is 2. The fraction of sp³-hybridized carbons (Fsp3) is 0.609. The molecule has 1 aromatic rings. The second kappa shape index (κ2) is 16.1. The molecule has 1 rings (SSSR count). The van der Waals surface area contributed by atoms with Crippen molar-refractivity contribution in [2.75, 3.05) is 13.6 Å². The van der Waals surface area contributed by atoms with Gasteiger partial charge in [-0.25, -0.2) is 4.39 Å². The maximum Gasteiger partial charge on any atom is 0.475 e. The van der Waals surface area contributed by atoms with Crippen LogP contribution in [0.4, 0.5) is 4.39 Å². The average Bonchev–Trinajstić information content (AvgIpc) is 2.78. The summed E-state index contributed by atoms with van der Waals surface area (Å²) < 4.78 is 13.0. The summed E-state index contributed by atoms with van der Waals surface area (Å²) >= 11 is 0. The monoisotopic (exact) mass is 479 g/mol. The lowest BCUT2D eigenvalue weighted by Gasteiger charge is -2.24. The maximum atomic E-state index is 13.0. The molecule has 34 heavy (non-hydrogen) atoms. The van der Waals surface area contributed by atoms with Crippen molar-refractivity contribution in [1.29, 1.82) is 0 Å². The third kappa shape index (κ3) is 12.5. The lowest BCUT2D eigenvalue weighted by molar-refractivity contribution is -0.129. The first-order valence-electron chi connectivity index (χ1n) is 11.8. The smallest absolute Gasteiger partial charge is 0.426 e. The second-order valence-corrected chi connectivity index (χ2v) is 8.79. The van der Waals surface area contributed by atoms with Crippen LogP contribution < -0.4 is 21.7 Å². The molecular formula is C23H39BFN5O4. The van der Waals surface area contributed by atoms with Crippen LogP contribution in [0.25, 0.3) is 0 Å². The van der Waals surface area contributed by atoms with E-state index in [2.05, 4.69) is 20.9 Å². The topological polar surface area (TPSA) is 149 Å². The number of nitrogens with one attached hydrogen (secondary N) is 3. The Hall–Kier alpha value is -2.66. The van der Waals surface area contributed by atoms with E-state index in [0.29, 0.717) is 32.2 Å². The van der Waals surface area contributed by atoms with Crippen molar-refractivity contribution >= 4 is 24.9 Å². The molecule has 0 aromatic heterocycles. The van der Waals surface area contributed by atoms with Crippen molar-refractivity contribution in [2.24, 2.45) is 16.6 Å². The summed E-state index contributed by atoms with van der Waals surface area (Å²) in [6.45, 7) is 4.30. The number of aryl methyl sites for hydroxylation is 1. The zero-order chi connectivity index (χ0) is 25.5. The van der Waals surface area contributed by atoms with E-state index in [4.69, 9.17) is 5.73 Å². The van der Waals surface area contributed by atoms with E-state index < -0.39 is 25.0 Å². The third-order valence-electron chi connectivity index (χ3n) is 5.31. The van der Waals surface area contributed by atoms with Gasteiger partial charge in [-0.2, -0.15) is 0 Å². The van der Waals surface area contributed by atoms with E-state index >= 15 is 0 Å². The number of halogens is 1.